The molecule has 1 fully saturated rings. The Labute approximate surface area is 111 Å². The van der Waals surface area contributed by atoms with E-state index in [2.05, 4.69) is 0 Å². The highest BCUT2D eigenvalue weighted by molar-refractivity contribution is 5.71. The van der Waals surface area contributed by atoms with Gasteiger partial charge >= 0.3 is 5.97 Å². The molecule has 1 aliphatic rings. The van der Waals surface area contributed by atoms with Crippen molar-refractivity contribution in [3.63, 3.8) is 0 Å². The molecule has 5 heteroatoms. The first-order valence-corrected chi connectivity index (χ1v) is 6.35. The van der Waals surface area contributed by atoms with Gasteiger partial charge in [-0.25, -0.2) is 4.39 Å². The zero-order valence-electron chi connectivity index (χ0n) is 11.0. The van der Waals surface area contributed by atoms with Gasteiger partial charge in [-0.05, 0) is 18.9 Å². The van der Waals surface area contributed by atoms with E-state index < -0.39 is 11.8 Å². The number of aromatic hydroxyl groups is 1. The van der Waals surface area contributed by atoms with Crippen molar-refractivity contribution in [1.82, 2.24) is 4.90 Å². The fourth-order valence-corrected chi connectivity index (χ4v) is 2.71. The van der Waals surface area contributed by atoms with Gasteiger partial charge in [0.05, 0.1) is 5.92 Å². The van der Waals surface area contributed by atoms with Crippen molar-refractivity contribution in [2.24, 2.45) is 11.8 Å². The van der Waals surface area contributed by atoms with E-state index in [-0.39, 0.29) is 23.6 Å². The first kappa shape index (κ1) is 13.8. The molecule has 0 aliphatic carbocycles. The third-order valence-electron chi connectivity index (χ3n) is 3.95. The van der Waals surface area contributed by atoms with Crippen LogP contribution in [-0.4, -0.2) is 34.2 Å². The predicted molar refractivity (Wildman–Crippen MR) is 68.3 cm³/mol. The molecular weight excluding hydrogens is 249 g/mol. The number of phenolic OH excluding ortho intramolecular Hbond substituents is 1. The van der Waals surface area contributed by atoms with E-state index in [0.29, 0.717) is 18.7 Å². The molecule has 19 heavy (non-hydrogen) atoms. The Bertz CT molecular complexity index is 492. The van der Waals surface area contributed by atoms with E-state index in [0.717, 1.165) is 6.07 Å². The SMILES string of the molecule is CC(c1ccc(F)cc1O)N1C[C@@H](C)[C@H](C(=O)O)C1. The summed E-state index contributed by atoms with van der Waals surface area (Å²) in [5.41, 5.74) is 0.625. The van der Waals surface area contributed by atoms with E-state index >= 15 is 0 Å². The van der Waals surface area contributed by atoms with E-state index in [9.17, 15) is 14.3 Å². The highest BCUT2D eigenvalue weighted by Gasteiger charge is 2.37. The Kier molecular flexibility index (Phi) is 3.75. The fraction of sp³-hybridized carbons (Fsp3) is 0.500. The summed E-state index contributed by atoms with van der Waals surface area (Å²) in [7, 11) is 0. The van der Waals surface area contributed by atoms with Gasteiger partial charge in [-0.15, -0.1) is 0 Å². The fourth-order valence-electron chi connectivity index (χ4n) is 2.71. The van der Waals surface area contributed by atoms with Crippen molar-refractivity contribution in [2.75, 3.05) is 13.1 Å². The summed E-state index contributed by atoms with van der Waals surface area (Å²) in [6.07, 6.45) is 0. The number of aliphatic carboxylic acids is 1. The molecule has 1 saturated heterocycles. The van der Waals surface area contributed by atoms with Crippen LogP contribution < -0.4 is 0 Å². The number of rotatable bonds is 3. The summed E-state index contributed by atoms with van der Waals surface area (Å²) in [5, 5.41) is 18.9. The smallest absolute Gasteiger partial charge is 0.308 e. The lowest BCUT2D eigenvalue weighted by molar-refractivity contribution is -0.142. The molecule has 2 N–H and O–H groups in total. The van der Waals surface area contributed by atoms with Crippen LogP contribution in [-0.2, 0) is 4.79 Å². The van der Waals surface area contributed by atoms with Gasteiger partial charge in [0.2, 0.25) is 0 Å². The van der Waals surface area contributed by atoms with Crippen LogP contribution in [0.3, 0.4) is 0 Å². The minimum absolute atomic E-state index is 0.0718. The summed E-state index contributed by atoms with van der Waals surface area (Å²) in [6.45, 7) is 4.92. The maximum atomic E-state index is 13.0. The normalized spacial score (nSPS) is 25.4. The van der Waals surface area contributed by atoms with Gasteiger partial charge in [0.25, 0.3) is 0 Å². The minimum atomic E-state index is -0.787. The largest absolute Gasteiger partial charge is 0.508 e. The van der Waals surface area contributed by atoms with Gasteiger partial charge in [-0.2, -0.15) is 0 Å². The lowest BCUT2D eigenvalue weighted by atomic mass is 9.99. The van der Waals surface area contributed by atoms with Crippen LogP contribution >= 0.6 is 0 Å². The molecule has 2 rings (SSSR count). The van der Waals surface area contributed by atoms with E-state index in [1.54, 1.807) is 6.07 Å². The second-order valence-electron chi connectivity index (χ2n) is 5.26. The Morgan fingerprint density at radius 2 is 2.16 bits per heavy atom. The van der Waals surface area contributed by atoms with Crippen LogP contribution in [0, 0.1) is 17.7 Å². The molecule has 1 aromatic rings. The van der Waals surface area contributed by atoms with E-state index in [1.165, 1.54) is 6.07 Å². The third-order valence-corrected chi connectivity index (χ3v) is 3.95. The molecule has 0 spiro atoms. The van der Waals surface area contributed by atoms with Crippen LogP contribution in [0.25, 0.3) is 0 Å². The van der Waals surface area contributed by atoms with Crippen molar-refractivity contribution in [2.45, 2.75) is 19.9 Å². The molecule has 1 heterocycles. The first-order chi connectivity index (χ1) is 8.90. The van der Waals surface area contributed by atoms with Crippen LogP contribution in [0.15, 0.2) is 18.2 Å². The molecule has 0 radical (unpaired) electrons. The van der Waals surface area contributed by atoms with Crippen molar-refractivity contribution in [3.8, 4) is 5.75 Å². The molecule has 0 amide bonds. The number of halogens is 1. The second kappa shape index (κ2) is 5.17. The molecule has 1 aliphatic heterocycles. The molecular formula is C14H18FNO3. The number of benzene rings is 1. The average molecular weight is 267 g/mol. The predicted octanol–water partition coefficient (Wildman–Crippen LogP) is 2.24. The van der Waals surface area contributed by atoms with Gasteiger partial charge in [0.1, 0.15) is 11.6 Å². The Morgan fingerprint density at radius 3 is 2.68 bits per heavy atom. The van der Waals surface area contributed by atoms with Crippen LogP contribution in [0.2, 0.25) is 0 Å². The maximum absolute atomic E-state index is 13.0. The molecule has 1 aromatic carbocycles. The zero-order chi connectivity index (χ0) is 14.2. The van der Waals surface area contributed by atoms with Gasteiger partial charge in [-0.1, -0.05) is 13.0 Å². The molecule has 0 bridgehead atoms. The molecule has 0 aromatic heterocycles. The average Bonchev–Trinajstić information content (AvgIpc) is 2.70. The summed E-state index contributed by atoms with van der Waals surface area (Å²) >= 11 is 0. The van der Waals surface area contributed by atoms with Crippen molar-refractivity contribution in [3.05, 3.63) is 29.6 Å². The van der Waals surface area contributed by atoms with E-state index in [1.807, 2.05) is 18.7 Å². The number of likely N-dealkylation sites (tertiary alicyclic amines) is 1. The minimum Gasteiger partial charge on any atom is -0.508 e. The number of phenols is 1. The van der Waals surface area contributed by atoms with Crippen LogP contribution in [0.4, 0.5) is 4.39 Å². The van der Waals surface area contributed by atoms with Crippen molar-refractivity contribution in [1.29, 1.82) is 0 Å². The Morgan fingerprint density at radius 1 is 1.47 bits per heavy atom. The summed E-state index contributed by atoms with van der Waals surface area (Å²) < 4.78 is 13.0. The molecule has 4 nitrogen and oxygen atoms in total. The van der Waals surface area contributed by atoms with Crippen molar-refractivity contribution >= 4 is 5.97 Å². The molecule has 1 unspecified atom stereocenters. The van der Waals surface area contributed by atoms with Crippen LogP contribution in [0.5, 0.6) is 5.75 Å². The molecule has 0 saturated carbocycles. The topological polar surface area (TPSA) is 60.8 Å². The number of carboxylic acids is 1. The standard InChI is InChI=1S/C14H18FNO3/c1-8-6-16(7-12(8)14(18)19)9(2)11-4-3-10(15)5-13(11)17/h3-5,8-9,12,17H,6-7H2,1-2H3,(H,18,19)/t8-,9?,12-/m1/s1. The highest BCUT2D eigenvalue weighted by Crippen LogP contribution is 2.34. The summed E-state index contributed by atoms with van der Waals surface area (Å²) in [5.74, 6) is -1.66. The van der Waals surface area contributed by atoms with Gasteiger partial charge < -0.3 is 10.2 Å². The van der Waals surface area contributed by atoms with Gasteiger partial charge in [-0.3, -0.25) is 9.69 Å². The first-order valence-electron chi connectivity index (χ1n) is 6.35. The molecule has 3 atom stereocenters. The van der Waals surface area contributed by atoms with Crippen molar-refractivity contribution < 1.29 is 19.4 Å². The highest BCUT2D eigenvalue weighted by atomic mass is 19.1. The zero-order valence-corrected chi connectivity index (χ0v) is 11.0. The summed E-state index contributed by atoms with van der Waals surface area (Å²) in [4.78, 5) is 13.1. The number of carboxylic acid groups (broad SMARTS) is 1. The summed E-state index contributed by atoms with van der Waals surface area (Å²) in [6, 6.07) is 3.81. The van der Waals surface area contributed by atoms with Gasteiger partial charge in [0, 0.05) is 30.8 Å². The maximum Gasteiger partial charge on any atom is 0.308 e. The monoisotopic (exact) mass is 267 g/mol. The number of nitrogens with zero attached hydrogens (tertiary/aromatic N) is 1. The third kappa shape index (κ3) is 2.71. The van der Waals surface area contributed by atoms with Crippen LogP contribution in [0.1, 0.15) is 25.5 Å². The number of hydrogen-bond donors (Lipinski definition) is 2. The quantitative estimate of drug-likeness (QED) is 0.881. The second-order valence-corrected chi connectivity index (χ2v) is 5.26. The Balaban J connectivity index is 2.17. The lowest BCUT2D eigenvalue weighted by Gasteiger charge is -2.25. The Hall–Kier alpha value is -1.62. The number of hydrogen-bond acceptors (Lipinski definition) is 3. The lowest BCUT2D eigenvalue weighted by Crippen LogP contribution is -2.26. The molecule has 104 valence electrons. The van der Waals surface area contributed by atoms with E-state index in [4.69, 9.17) is 5.11 Å². The van der Waals surface area contributed by atoms with Gasteiger partial charge in [0.15, 0.2) is 0 Å². The number of carbonyl (C=O) groups is 1.